The van der Waals surface area contributed by atoms with Crippen LogP contribution in [-0.2, 0) is 16.0 Å². The summed E-state index contributed by atoms with van der Waals surface area (Å²) in [5, 5.41) is 2.80. The number of carbonyl (C=O) groups excluding carboxylic acids is 2. The van der Waals surface area contributed by atoms with Gasteiger partial charge in [-0.3, -0.25) is 9.59 Å². The number of hydrogen-bond donors (Lipinski definition) is 3. The summed E-state index contributed by atoms with van der Waals surface area (Å²) in [6, 6.07) is 5.60. The highest BCUT2D eigenvalue weighted by Gasteiger charge is 2.14. The number of nitrogens with one attached hydrogen (secondary N) is 1. The van der Waals surface area contributed by atoms with Gasteiger partial charge in [-0.05, 0) is 56.6 Å². The lowest BCUT2D eigenvalue weighted by Crippen LogP contribution is -2.40. The minimum absolute atomic E-state index is 0.109. The molecule has 9 nitrogen and oxygen atoms in total. The number of rotatable bonds is 8. The number of nitrogens with zero attached hydrogens (tertiary/aromatic N) is 2. The molecule has 0 atom stereocenters. The van der Waals surface area contributed by atoms with Crippen LogP contribution in [0.1, 0.15) is 52.0 Å². The molecule has 33 heavy (non-hydrogen) atoms. The molecule has 1 fully saturated rings. The zero-order valence-electron chi connectivity index (χ0n) is 21.1. The number of amides is 2. The summed E-state index contributed by atoms with van der Waals surface area (Å²) in [6.07, 6.45) is 5.80. The Hall–Kier alpha value is -2.81. The molecule has 1 aliphatic heterocycles. The lowest BCUT2D eigenvalue weighted by molar-refractivity contribution is -0.117. The van der Waals surface area contributed by atoms with E-state index in [2.05, 4.69) is 43.0 Å². The van der Waals surface area contributed by atoms with Crippen molar-refractivity contribution >= 4 is 18.3 Å². The molecule has 1 heterocycles. The zero-order valence-corrected chi connectivity index (χ0v) is 21.1. The quantitative estimate of drug-likeness (QED) is 0.305. The third-order valence-electron chi connectivity index (χ3n) is 4.95. The molecular formula is C24H43N5O4. The molecule has 188 valence electrons. The lowest BCUT2D eigenvalue weighted by atomic mass is 10.1. The van der Waals surface area contributed by atoms with Gasteiger partial charge in [-0.15, -0.1) is 0 Å². The maximum absolute atomic E-state index is 11.4. The Kier molecular flexibility index (Phi) is 16.2. The van der Waals surface area contributed by atoms with E-state index in [1.165, 1.54) is 20.0 Å². The molecule has 0 aliphatic carbocycles. The Morgan fingerprint density at radius 2 is 1.82 bits per heavy atom. The molecule has 1 aliphatic rings. The van der Waals surface area contributed by atoms with Crippen LogP contribution in [-0.4, -0.2) is 63.6 Å². The molecule has 2 amide bonds. The number of aliphatic imine (C=N–C) groups is 1. The smallest absolute Gasteiger partial charge is 0.253 e. The van der Waals surface area contributed by atoms with Crippen LogP contribution in [0.25, 0.3) is 0 Å². The molecule has 1 aromatic rings. The van der Waals surface area contributed by atoms with Crippen molar-refractivity contribution in [3.05, 3.63) is 23.8 Å². The van der Waals surface area contributed by atoms with Crippen LogP contribution in [0.15, 0.2) is 23.2 Å². The molecule has 0 unspecified atom stereocenters. The van der Waals surface area contributed by atoms with E-state index >= 15 is 0 Å². The SMILES string of the molecule is CCCC(C)C.CN1CCC(NC=O)CC1.COc1ccc(CC(=O)N=C(N)N)cc1OC. The highest BCUT2D eigenvalue weighted by atomic mass is 16.5. The number of benzene rings is 1. The van der Waals surface area contributed by atoms with E-state index in [1.54, 1.807) is 25.3 Å². The fourth-order valence-electron chi connectivity index (χ4n) is 3.20. The van der Waals surface area contributed by atoms with Gasteiger partial charge in [0, 0.05) is 6.04 Å². The van der Waals surface area contributed by atoms with Crippen molar-refractivity contribution in [2.45, 2.75) is 58.9 Å². The van der Waals surface area contributed by atoms with Gasteiger partial charge in [0.1, 0.15) is 0 Å². The molecule has 9 heteroatoms. The van der Waals surface area contributed by atoms with E-state index in [0.29, 0.717) is 17.5 Å². The summed E-state index contributed by atoms with van der Waals surface area (Å²) in [5.41, 5.74) is 11.0. The van der Waals surface area contributed by atoms with Crippen LogP contribution in [0.2, 0.25) is 0 Å². The molecule has 2 rings (SSSR count). The van der Waals surface area contributed by atoms with Crippen molar-refractivity contribution in [1.82, 2.24) is 10.2 Å². The lowest BCUT2D eigenvalue weighted by Gasteiger charge is -2.28. The van der Waals surface area contributed by atoms with Gasteiger partial charge in [-0.1, -0.05) is 39.7 Å². The van der Waals surface area contributed by atoms with Gasteiger partial charge in [0.2, 0.25) is 6.41 Å². The average Bonchev–Trinajstić information content (AvgIpc) is 2.75. The minimum Gasteiger partial charge on any atom is -0.493 e. The van der Waals surface area contributed by atoms with Gasteiger partial charge < -0.3 is 31.2 Å². The molecule has 0 radical (unpaired) electrons. The van der Waals surface area contributed by atoms with Gasteiger partial charge in [-0.25, -0.2) is 0 Å². The van der Waals surface area contributed by atoms with Gasteiger partial charge in [0.25, 0.3) is 5.91 Å². The van der Waals surface area contributed by atoms with E-state index in [4.69, 9.17) is 20.9 Å². The highest BCUT2D eigenvalue weighted by molar-refractivity contribution is 5.92. The molecule has 5 N–H and O–H groups in total. The van der Waals surface area contributed by atoms with Crippen LogP contribution in [0.5, 0.6) is 11.5 Å². The molecule has 1 saturated heterocycles. The standard InChI is InChI=1S/C11H15N3O3.C7H14N2O.C6H14/c1-16-8-4-3-7(5-9(8)17-2)6-10(15)14-11(12)13;1-9-4-2-7(3-5-9)8-6-10;1-4-5-6(2)3/h3-5H,6H2,1-2H3,(H4,12,13,14,15);6-7H,2-5H2,1H3,(H,8,10);6H,4-5H2,1-3H3. The highest BCUT2D eigenvalue weighted by Crippen LogP contribution is 2.27. The first-order valence-electron chi connectivity index (χ1n) is 11.4. The van der Waals surface area contributed by atoms with Crippen molar-refractivity contribution in [3.63, 3.8) is 0 Å². The minimum atomic E-state index is -0.405. The largest absolute Gasteiger partial charge is 0.493 e. The fraction of sp³-hybridized carbons (Fsp3) is 0.625. The number of methoxy groups -OCH3 is 2. The van der Waals surface area contributed by atoms with Crippen molar-refractivity contribution in [3.8, 4) is 11.5 Å². The number of likely N-dealkylation sites (tertiary alicyclic amines) is 1. The Morgan fingerprint density at radius 1 is 1.21 bits per heavy atom. The van der Waals surface area contributed by atoms with Crippen LogP contribution >= 0.6 is 0 Å². The molecular weight excluding hydrogens is 422 g/mol. The first-order valence-corrected chi connectivity index (χ1v) is 11.4. The first-order chi connectivity index (χ1) is 15.7. The van der Waals surface area contributed by atoms with Gasteiger partial charge in [-0.2, -0.15) is 4.99 Å². The number of piperidine rings is 1. The van der Waals surface area contributed by atoms with Gasteiger partial charge in [0.05, 0.1) is 20.6 Å². The number of guanidine groups is 1. The molecule has 1 aromatic carbocycles. The summed E-state index contributed by atoms with van der Waals surface area (Å²) in [7, 11) is 5.18. The van der Waals surface area contributed by atoms with Crippen LogP contribution in [0.4, 0.5) is 0 Å². The number of ether oxygens (including phenoxy) is 2. The Labute approximate surface area is 198 Å². The van der Waals surface area contributed by atoms with Crippen molar-refractivity contribution < 1.29 is 19.1 Å². The van der Waals surface area contributed by atoms with E-state index in [9.17, 15) is 9.59 Å². The molecule has 0 aromatic heterocycles. The van der Waals surface area contributed by atoms with Crippen molar-refractivity contribution in [2.75, 3.05) is 34.4 Å². The predicted octanol–water partition coefficient (Wildman–Crippen LogP) is 2.32. The monoisotopic (exact) mass is 465 g/mol. The second-order valence-electron chi connectivity index (χ2n) is 8.34. The third-order valence-corrected chi connectivity index (χ3v) is 4.95. The first kappa shape index (κ1) is 30.2. The molecule has 0 saturated carbocycles. The van der Waals surface area contributed by atoms with Crippen molar-refractivity contribution in [2.24, 2.45) is 22.4 Å². The van der Waals surface area contributed by atoms with Crippen LogP contribution in [0, 0.1) is 5.92 Å². The number of nitrogens with two attached hydrogens (primary N) is 2. The van der Waals surface area contributed by atoms with E-state index in [0.717, 1.165) is 43.8 Å². The van der Waals surface area contributed by atoms with E-state index < -0.39 is 5.91 Å². The second-order valence-corrected chi connectivity index (χ2v) is 8.34. The Balaban J connectivity index is 0.000000538. The van der Waals surface area contributed by atoms with E-state index in [-0.39, 0.29) is 12.4 Å². The topological polar surface area (TPSA) is 132 Å². The average molecular weight is 466 g/mol. The van der Waals surface area contributed by atoms with Crippen molar-refractivity contribution in [1.29, 1.82) is 0 Å². The van der Waals surface area contributed by atoms with Gasteiger partial charge in [0.15, 0.2) is 17.5 Å². The fourth-order valence-corrected chi connectivity index (χ4v) is 3.20. The summed E-state index contributed by atoms with van der Waals surface area (Å²) in [6.45, 7) is 8.93. The maximum Gasteiger partial charge on any atom is 0.253 e. The van der Waals surface area contributed by atoms with E-state index in [1.807, 2.05) is 0 Å². The Morgan fingerprint density at radius 3 is 2.24 bits per heavy atom. The molecule has 0 bridgehead atoms. The predicted molar refractivity (Wildman–Crippen MR) is 134 cm³/mol. The normalized spacial score (nSPS) is 13.5. The summed E-state index contributed by atoms with van der Waals surface area (Å²) >= 11 is 0. The van der Waals surface area contributed by atoms with Crippen LogP contribution in [0.3, 0.4) is 0 Å². The summed E-state index contributed by atoms with van der Waals surface area (Å²) in [4.78, 5) is 27.1. The van der Waals surface area contributed by atoms with Crippen LogP contribution < -0.4 is 26.3 Å². The van der Waals surface area contributed by atoms with Gasteiger partial charge >= 0.3 is 0 Å². The zero-order chi connectivity index (χ0) is 25.2. The summed E-state index contributed by atoms with van der Waals surface area (Å²) in [5.74, 6) is 1.41. The maximum atomic E-state index is 11.4. The Bertz CT molecular complexity index is 713. The number of carbonyl (C=O) groups is 2. The molecule has 0 spiro atoms. The summed E-state index contributed by atoms with van der Waals surface area (Å²) < 4.78 is 10.2. The third kappa shape index (κ3) is 14.8. The second kappa shape index (κ2) is 17.7. The number of hydrogen-bond acceptors (Lipinski definition) is 5.